The van der Waals surface area contributed by atoms with Crippen LogP contribution in [0.1, 0.15) is 35.4 Å². The number of aromatic nitrogens is 1. The number of nitrogens with zero attached hydrogens (tertiary/aromatic N) is 3. The van der Waals surface area contributed by atoms with Crippen molar-refractivity contribution in [3.05, 3.63) is 52.8 Å². The normalized spacial score (nSPS) is 13.9. The minimum atomic E-state index is 0.0600. The Kier molecular flexibility index (Phi) is 4.57. The molecule has 1 fully saturated rings. The zero-order valence-corrected chi connectivity index (χ0v) is 14.0. The minimum Gasteiger partial charge on any atom is -0.397 e. The van der Waals surface area contributed by atoms with Crippen LogP contribution in [0.15, 0.2) is 30.3 Å². The van der Waals surface area contributed by atoms with Crippen LogP contribution in [0.3, 0.4) is 0 Å². The molecule has 5 nitrogen and oxygen atoms in total. The van der Waals surface area contributed by atoms with Gasteiger partial charge in [-0.05, 0) is 31.4 Å². The van der Waals surface area contributed by atoms with Crippen LogP contribution in [0.25, 0.3) is 0 Å². The Morgan fingerprint density at radius 1 is 1.25 bits per heavy atom. The summed E-state index contributed by atoms with van der Waals surface area (Å²) >= 11 is 0. The van der Waals surface area contributed by atoms with Gasteiger partial charge in [-0.2, -0.15) is 5.26 Å². The third kappa shape index (κ3) is 3.28. The molecule has 1 aliphatic rings. The first-order chi connectivity index (χ1) is 11.6. The van der Waals surface area contributed by atoms with E-state index in [2.05, 4.69) is 30.3 Å². The van der Waals surface area contributed by atoms with Gasteiger partial charge in [0.25, 0.3) is 0 Å². The molecule has 1 saturated heterocycles. The minimum absolute atomic E-state index is 0.0600. The molecule has 0 spiro atoms. The molecular formula is C19H22N4O. The highest BCUT2D eigenvalue weighted by Crippen LogP contribution is 2.22. The van der Waals surface area contributed by atoms with Gasteiger partial charge in [-0.1, -0.05) is 29.8 Å². The third-order valence-corrected chi connectivity index (χ3v) is 4.60. The first-order valence-corrected chi connectivity index (χ1v) is 8.30. The number of carbonyl (C=O) groups is 1. The van der Waals surface area contributed by atoms with Crippen molar-refractivity contribution < 1.29 is 4.79 Å². The lowest BCUT2D eigenvalue weighted by atomic mass is 10.1. The zero-order valence-electron chi connectivity index (χ0n) is 14.0. The van der Waals surface area contributed by atoms with Crippen LogP contribution in [-0.4, -0.2) is 28.5 Å². The number of nitrogens with two attached hydrogens (primary N) is 1. The van der Waals surface area contributed by atoms with Crippen molar-refractivity contribution in [2.24, 2.45) is 0 Å². The molecule has 2 N–H and O–H groups in total. The SMILES string of the molecule is Cc1ccc(Cc2c(N)cc(C#N)n2CC(=O)N2CCCC2)cc1. The lowest BCUT2D eigenvalue weighted by molar-refractivity contribution is -0.130. The molecule has 24 heavy (non-hydrogen) atoms. The number of benzene rings is 1. The van der Waals surface area contributed by atoms with E-state index in [9.17, 15) is 10.1 Å². The molecule has 0 unspecified atom stereocenters. The van der Waals surface area contributed by atoms with Gasteiger partial charge in [-0.25, -0.2) is 0 Å². The molecule has 2 heterocycles. The Hall–Kier alpha value is -2.74. The summed E-state index contributed by atoms with van der Waals surface area (Å²) in [6.07, 6.45) is 2.73. The molecular weight excluding hydrogens is 300 g/mol. The van der Waals surface area contributed by atoms with E-state index >= 15 is 0 Å². The molecule has 5 heteroatoms. The predicted molar refractivity (Wildman–Crippen MR) is 93.4 cm³/mol. The second-order valence-electron chi connectivity index (χ2n) is 6.38. The zero-order chi connectivity index (χ0) is 17.1. The Morgan fingerprint density at radius 3 is 2.54 bits per heavy atom. The smallest absolute Gasteiger partial charge is 0.242 e. The van der Waals surface area contributed by atoms with Crippen LogP contribution >= 0.6 is 0 Å². The Morgan fingerprint density at radius 2 is 1.92 bits per heavy atom. The van der Waals surface area contributed by atoms with E-state index < -0.39 is 0 Å². The number of hydrogen-bond donors (Lipinski definition) is 1. The van der Waals surface area contributed by atoms with Gasteiger partial charge in [0.1, 0.15) is 18.3 Å². The molecule has 1 aromatic carbocycles. The maximum Gasteiger partial charge on any atom is 0.242 e. The Balaban J connectivity index is 1.88. The maximum absolute atomic E-state index is 12.5. The first-order valence-electron chi connectivity index (χ1n) is 8.30. The van der Waals surface area contributed by atoms with Crippen molar-refractivity contribution in [2.75, 3.05) is 18.8 Å². The molecule has 3 rings (SSSR count). The second-order valence-corrected chi connectivity index (χ2v) is 6.38. The van der Waals surface area contributed by atoms with Gasteiger partial charge in [0.05, 0.1) is 5.69 Å². The fourth-order valence-electron chi connectivity index (χ4n) is 3.18. The van der Waals surface area contributed by atoms with Crippen LogP contribution in [0, 0.1) is 18.3 Å². The number of anilines is 1. The molecule has 1 amide bonds. The van der Waals surface area contributed by atoms with E-state index in [1.54, 1.807) is 10.6 Å². The van der Waals surface area contributed by atoms with Gasteiger partial charge in [0.2, 0.25) is 5.91 Å². The molecule has 0 saturated carbocycles. The van der Waals surface area contributed by atoms with Crippen molar-refractivity contribution in [1.82, 2.24) is 9.47 Å². The Bertz CT molecular complexity index is 777. The second kappa shape index (κ2) is 6.79. The summed E-state index contributed by atoms with van der Waals surface area (Å²) < 4.78 is 1.77. The number of aryl methyl sites for hydroxylation is 1. The topological polar surface area (TPSA) is 75.0 Å². The third-order valence-electron chi connectivity index (χ3n) is 4.60. The largest absolute Gasteiger partial charge is 0.397 e. The van der Waals surface area contributed by atoms with E-state index in [1.165, 1.54) is 5.56 Å². The van der Waals surface area contributed by atoms with E-state index in [0.717, 1.165) is 37.2 Å². The van der Waals surface area contributed by atoms with Crippen LogP contribution in [-0.2, 0) is 17.8 Å². The summed E-state index contributed by atoms with van der Waals surface area (Å²) in [6.45, 7) is 3.85. The fourth-order valence-corrected chi connectivity index (χ4v) is 3.18. The lowest BCUT2D eigenvalue weighted by Gasteiger charge is -2.18. The molecule has 124 valence electrons. The van der Waals surface area contributed by atoms with Crippen molar-refractivity contribution >= 4 is 11.6 Å². The monoisotopic (exact) mass is 322 g/mol. The average Bonchev–Trinajstić information content (AvgIpc) is 3.20. The van der Waals surface area contributed by atoms with Gasteiger partial charge in [0, 0.05) is 25.2 Å². The van der Waals surface area contributed by atoms with E-state index in [1.807, 2.05) is 11.8 Å². The molecule has 1 aliphatic heterocycles. The van der Waals surface area contributed by atoms with Gasteiger partial charge in [-0.15, -0.1) is 0 Å². The standard InChI is InChI=1S/C19H22N4O/c1-14-4-6-15(7-5-14)10-18-17(21)11-16(12-20)23(18)13-19(24)22-8-2-3-9-22/h4-7,11H,2-3,8-10,13,21H2,1H3. The number of rotatable bonds is 4. The summed E-state index contributed by atoms with van der Waals surface area (Å²) in [7, 11) is 0. The number of hydrogen-bond acceptors (Lipinski definition) is 3. The highest BCUT2D eigenvalue weighted by atomic mass is 16.2. The van der Waals surface area contributed by atoms with Gasteiger partial charge in [-0.3, -0.25) is 4.79 Å². The van der Waals surface area contributed by atoms with Gasteiger partial charge < -0.3 is 15.2 Å². The number of nitriles is 1. The van der Waals surface area contributed by atoms with Crippen molar-refractivity contribution in [3.8, 4) is 6.07 Å². The summed E-state index contributed by atoms with van der Waals surface area (Å²) in [5.41, 5.74) is 10.3. The molecule has 1 aromatic heterocycles. The quantitative estimate of drug-likeness (QED) is 0.939. The first kappa shape index (κ1) is 16.1. The summed E-state index contributed by atoms with van der Waals surface area (Å²) in [5.74, 6) is 0.0600. The molecule has 0 aliphatic carbocycles. The van der Waals surface area contributed by atoms with Crippen molar-refractivity contribution in [1.29, 1.82) is 5.26 Å². The number of amides is 1. The van der Waals surface area contributed by atoms with Crippen molar-refractivity contribution in [2.45, 2.75) is 32.7 Å². The summed E-state index contributed by atoms with van der Waals surface area (Å²) in [5, 5.41) is 9.39. The van der Waals surface area contributed by atoms with Crippen molar-refractivity contribution in [3.63, 3.8) is 0 Å². The molecule has 2 aromatic rings. The maximum atomic E-state index is 12.5. The average molecular weight is 322 g/mol. The Labute approximate surface area is 142 Å². The van der Waals surface area contributed by atoms with Crippen LogP contribution in [0.5, 0.6) is 0 Å². The highest BCUT2D eigenvalue weighted by Gasteiger charge is 2.21. The number of carbonyl (C=O) groups excluding carboxylic acids is 1. The van der Waals surface area contributed by atoms with E-state index in [4.69, 9.17) is 5.73 Å². The van der Waals surface area contributed by atoms with Gasteiger partial charge >= 0.3 is 0 Å². The van der Waals surface area contributed by atoms with E-state index in [0.29, 0.717) is 17.8 Å². The predicted octanol–water partition coefficient (Wildman–Crippen LogP) is 2.46. The fraction of sp³-hybridized carbons (Fsp3) is 0.368. The molecule has 0 atom stereocenters. The highest BCUT2D eigenvalue weighted by molar-refractivity contribution is 5.77. The molecule has 0 radical (unpaired) electrons. The van der Waals surface area contributed by atoms with E-state index in [-0.39, 0.29) is 12.5 Å². The van der Waals surface area contributed by atoms with Gasteiger partial charge in [0.15, 0.2) is 0 Å². The molecule has 0 bridgehead atoms. The van der Waals surface area contributed by atoms with Crippen LogP contribution in [0.4, 0.5) is 5.69 Å². The summed E-state index contributed by atoms with van der Waals surface area (Å²) in [4.78, 5) is 14.4. The summed E-state index contributed by atoms with van der Waals surface area (Å²) in [6, 6.07) is 12.0. The van der Waals surface area contributed by atoms with Crippen LogP contribution < -0.4 is 5.73 Å². The van der Waals surface area contributed by atoms with Crippen LogP contribution in [0.2, 0.25) is 0 Å². The number of nitrogen functional groups attached to an aromatic ring is 1. The lowest BCUT2D eigenvalue weighted by Crippen LogP contribution is -2.31. The number of likely N-dealkylation sites (tertiary alicyclic amines) is 1.